The second-order valence-electron chi connectivity index (χ2n) is 14.7. The molecule has 1 heterocycles. The third-order valence-electron chi connectivity index (χ3n) is 9.58. The Morgan fingerprint density at radius 2 is 1.53 bits per heavy atom. The van der Waals surface area contributed by atoms with Crippen molar-refractivity contribution in [2.75, 3.05) is 65.3 Å². The van der Waals surface area contributed by atoms with Crippen LogP contribution in [0.2, 0.25) is 0 Å². The maximum atomic E-state index is 12.8. The lowest BCUT2D eigenvalue weighted by Crippen LogP contribution is -2.46. The van der Waals surface area contributed by atoms with Gasteiger partial charge in [-0.1, -0.05) is 20.3 Å². The van der Waals surface area contributed by atoms with Gasteiger partial charge in [0.15, 0.2) is 5.78 Å². The number of hydrogen-bond acceptors (Lipinski definition) is 12. The third-order valence-corrected chi connectivity index (χ3v) is 10.8. The highest BCUT2D eigenvalue weighted by atomic mass is 32.2. The highest BCUT2D eigenvalue weighted by molar-refractivity contribution is 8.00. The number of carbonyl (C=O) groups is 9. The lowest BCUT2D eigenvalue weighted by Gasteiger charge is -2.18. The molecule has 0 aromatic rings. The van der Waals surface area contributed by atoms with Crippen LogP contribution in [0, 0.1) is 0 Å². The summed E-state index contributed by atoms with van der Waals surface area (Å²) in [6.07, 6.45) is 6.87. The van der Waals surface area contributed by atoms with Gasteiger partial charge < -0.3 is 42.0 Å². The van der Waals surface area contributed by atoms with Crippen LogP contribution < -0.4 is 32.3 Å². The van der Waals surface area contributed by atoms with Gasteiger partial charge in [0, 0.05) is 90.0 Å². The molecule has 3 atom stereocenters. The predicted molar refractivity (Wildman–Crippen MR) is 225 cm³/mol. The van der Waals surface area contributed by atoms with Crippen molar-refractivity contribution >= 4 is 64.8 Å². The van der Waals surface area contributed by atoms with Crippen molar-refractivity contribution in [2.45, 2.75) is 134 Å². The monoisotopic (exact) mass is 854 g/mol. The number of likely N-dealkylation sites (tertiary alicyclic amines) is 1. The summed E-state index contributed by atoms with van der Waals surface area (Å²) in [7, 11) is 1.96. The van der Waals surface area contributed by atoms with Crippen LogP contribution in [0.1, 0.15) is 117 Å². The Kier molecular flexibility index (Phi) is 28.5. The van der Waals surface area contributed by atoms with E-state index in [1.807, 2.05) is 14.0 Å². The molecule has 0 radical (unpaired) electrons. The fourth-order valence-electron chi connectivity index (χ4n) is 6.02. The smallest absolute Gasteiger partial charge is 0.315 e. The van der Waals surface area contributed by atoms with E-state index in [1.54, 1.807) is 13.8 Å². The zero-order valence-corrected chi connectivity index (χ0v) is 36.5. The van der Waals surface area contributed by atoms with Gasteiger partial charge in [-0.3, -0.25) is 43.3 Å². The second kappa shape index (κ2) is 31.8. The van der Waals surface area contributed by atoms with Crippen molar-refractivity contribution < 1.29 is 47.9 Å². The highest BCUT2D eigenvalue weighted by Crippen LogP contribution is 2.25. The van der Waals surface area contributed by atoms with Crippen molar-refractivity contribution in [3.05, 3.63) is 0 Å². The first-order valence-electron chi connectivity index (χ1n) is 21.1. The van der Waals surface area contributed by atoms with Crippen molar-refractivity contribution in [3.63, 3.8) is 0 Å². The molecule has 0 aromatic carbocycles. The maximum Gasteiger partial charge on any atom is 0.315 e. The van der Waals surface area contributed by atoms with E-state index in [1.165, 1.54) is 11.8 Å². The van der Waals surface area contributed by atoms with Crippen LogP contribution in [0.4, 0.5) is 4.79 Å². The number of carbonyl (C=O) groups excluding carboxylic acids is 9. The number of hydrogen-bond donors (Lipinski definition) is 6. The van der Waals surface area contributed by atoms with Gasteiger partial charge in [-0.05, 0) is 65.5 Å². The number of amides is 8. The van der Waals surface area contributed by atoms with Gasteiger partial charge in [0.1, 0.15) is 11.8 Å². The lowest BCUT2D eigenvalue weighted by molar-refractivity contribution is -0.138. The molecule has 18 nitrogen and oxygen atoms in total. The number of nitrogens with one attached hydrogen (secondary N) is 5. The number of ketones is 2. The van der Waals surface area contributed by atoms with Gasteiger partial charge in [-0.2, -0.15) is 0 Å². The standard InChI is InChI=1S/C40H70N8O10S/c1-5-13-36(53)46-31(38(41)55)15-9-10-19-42-35(52)18-26-58-25-12-14-30(49)17-23-48-37(54)28-33(39(48)56)59-27-21-43-34(51)16-8-7-11-22-47(4)24-20-44-40(57)45-29(3)32(50)6-2/h29,31,33H,5-28H2,1-4H3,(H2,41,55)(H,42,52)(H,43,51)(H,46,53)(H2,44,45,57)/t29-,31-,33?/m0/s1. The molecule has 0 aliphatic carbocycles. The first-order valence-corrected chi connectivity index (χ1v) is 22.2. The SMILES string of the molecule is CCCC(=O)N[C@@H](CCCCNC(=O)CCOCCCC(=O)CCN1C(=O)CC(SCCNC(=O)CCCCCN(C)CCNC(=O)N[C@@H](C)C(=O)CC)C1=O)C(N)=O. The molecule has 0 aromatic heterocycles. The van der Waals surface area contributed by atoms with E-state index >= 15 is 0 Å². The second-order valence-corrected chi connectivity index (χ2v) is 16.0. The molecule has 0 bridgehead atoms. The number of likely N-dealkylation sites (N-methyl/N-ethyl adjacent to an activating group) is 1. The molecule has 7 N–H and O–H groups in total. The third kappa shape index (κ3) is 25.2. The Bertz CT molecular complexity index is 1370. The Morgan fingerprint density at radius 1 is 0.797 bits per heavy atom. The van der Waals surface area contributed by atoms with E-state index in [4.69, 9.17) is 10.5 Å². The Labute approximate surface area is 353 Å². The number of rotatable bonds is 35. The Morgan fingerprint density at radius 3 is 2.24 bits per heavy atom. The fraction of sp³-hybridized carbons (Fsp3) is 0.775. The summed E-state index contributed by atoms with van der Waals surface area (Å²) < 4.78 is 5.48. The van der Waals surface area contributed by atoms with E-state index in [0.29, 0.717) is 89.9 Å². The van der Waals surface area contributed by atoms with Crippen LogP contribution >= 0.6 is 11.8 Å². The molecule has 1 unspecified atom stereocenters. The molecule has 1 aliphatic rings. The van der Waals surface area contributed by atoms with Crippen molar-refractivity contribution in [3.8, 4) is 0 Å². The topological polar surface area (TPSA) is 256 Å². The average Bonchev–Trinajstić information content (AvgIpc) is 3.46. The predicted octanol–water partition coefficient (Wildman–Crippen LogP) is 1.33. The zero-order chi connectivity index (χ0) is 44.0. The first kappa shape index (κ1) is 52.9. The molecule has 336 valence electrons. The molecule has 8 amide bonds. The van der Waals surface area contributed by atoms with Crippen LogP contribution in [0.25, 0.3) is 0 Å². The van der Waals surface area contributed by atoms with Gasteiger partial charge in [0.2, 0.25) is 35.4 Å². The number of Topliss-reactive ketones (excluding diaryl/α,β-unsaturated/α-hetero) is 2. The van der Waals surface area contributed by atoms with E-state index in [-0.39, 0.29) is 86.0 Å². The van der Waals surface area contributed by atoms with E-state index in [9.17, 15) is 43.2 Å². The van der Waals surface area contributed by atoms with E-state index in [0.717, 1.165) is 30.7 Å². The maximum absolute atomic E-state index is 12.8. The van der Waals surface area contributed by atoms with Crippen molar-refractivity contribution in [2.24, 2.45) is 5.73 Å². The number of urea groups is 1. The number of ether oxygens (including phenoxy) is 1. The minimum absolute atomic E-state index is 0.0215. The van der Waals surface area contributed by atoms with Crippen LogP contribution in [0.15, 0.2) is 0 Å². The van der Waals surface area contributed by atoms with Crippen molar-refractivity contribution in [1.29, 1.82) is 0 Å². The number of primary amides is 1. The molecule has 0 spiro atoms. The number of imide groups is 1. The zero-order valence-electron chi connectivity index (χ0n) is 35.7. The molecule has 1 saturated heterocycles. The molecular formula is C40H70N8O10S. The normalized spacial score (nSPS) is 14.8. The summed E-state index contributed by atoms with van der Waals surface area (Å²) in [5.41, 5.74) is 5.36. The largest absolute Gasteiger partial charge is 0.381 e. The van der Waals surface area contributed by atoms with Crippen LogP contribution in [0.3, 0.4) is 0 Å². The Hall–Kier alpha value is -4.10. The van der Waals surface area contributed by atoms with Gasteiger partial charge in [0.05, 0.1) is 17.9 Å². The minimum Gasteiger partial charge on any atom is -0.381 e. The number of nitrogens with two attached hydrogens (primary N) is 1. The van der Waals surface area contributed by atoms with Crippen molar-refractivity contribution in [1.82, 2.24) is 36.4 Å². The van der Waals surface area contributed by atoms with E-state index in [2.05, 4.69) is 31.5 Å². The van der Waals surface area contributed by atoms with E-state index < -0.39 is 23.2 Å². The number of nitrogens with zero attached hydrogens (tertiary/aromatic N) is 2. The molecule has 19 heteroatoms. The van der Waals surface area contributed by atoms with Crippen LogP contribution in [0.5, 0.6) is 0 Å². The average molecular weight is 855 g/mol. The fourth-order valence-corrected chi connectivity index (χ4v) is 7.05. The van der Waals surface area contributed by atoms with Crippen LogP contribution in [-0.4, -0.2) is 145 Å². The molecule has 1 fully saturated rings. The van der Waals surface area contributed by atoms with Gasteiger partial charge in [0.25, 0.3) is 0 Å². The molecule has 1 aliphatic heterocycles. The summed E-state index contributed by atoms with van der Waals surface area (Å²) in [5.74, 6) is -1.29. The summed E-state index contributed by atoms with van der Waals surface area (Å²) in [5, 5.41) is 13.1. The summed E-state index contributed by atoms with van der Waals surface area (Å²) in [6, 6.07) is -1.60. The van der Waals surface area contributed by atoms with Gasteiger partial charge in [-0.25, -0.2) is 4.79 Å². The van der Waals surface area contributed by atoms with Gasteiger partial charge in [-0.15, -0.1) is 11.8 Å². The molecule has 0 saturated carbocycles. The minimum atomic E-state index is -0.723. The number of unbranched alkanes of at least 4 members (excludes halogenated alkanes) is 3. The van der Waals surface area contributed by atoms with Crippen LogP contribution in [-0.2, 0) is 43.1 Å². The summed E-state index contributed by atoms with van der Waals surface area (Å²) in [4.78, 5) is 112. The lowest BCUT2D eigenvalue weighted by atomic mass is 10.1. The molecular weight excluding hydrogens is 785 g/mol. The highest BCUT2D eigenvalue weighted by Gasteiger charge is 2.38. The quantitative estimate of drug-likeness (QED) is 0.0390. The molecule has 1 rings (SSSR count). The van der Waals surface area contributed by atoms with Gasteiger partial charge >= 0.3 is 6.03 Å². The summed E-state index contributed by atoms with van der Waals surface area (Å²) >= 11 is 1.32. The Balaban J connectivity index is 2.08. The summed E-state index contributed by atoms with van der Waals surface area (Å²) in [6.45, 7) is 8.54. The first-order chi connectivity index (χ1) is 28.2. The number of thioether (sulfide) groups is 1. The molecule has 59 heavy (non-hydrogen) atoms.